The number of hydrogen-bond acceptors (Lipinski definition) is 5. The number of nitrogens with zero attached hydrogens (tertiary/aromatic N) is 2. The fourth-order valence-electron chi connectivity index (χ4n) is 3.97. The average Bonchev–Trinajstić information content (AvgIpc) is 3.47. The standard InChI is InChI=1S/C24H20FN3O2S/c25-17-12-14(13-18(26)23(29)30)6-7-16(17)21-27-19-8-9-20(28-22(19)31-21)24(10-11-24)15-4-2-1-3-5-15/h1-9,12,18H,10-11,13,26H2,(H,29,30). The number of nitrogens with two attached hydrogens (primary N) is 1. The van der Waals surface area contributed by atoms with Crippen LogP contribution in [-0.4, -0.2) is 27.1 Å². The topological polar surface area (TPSA) is 89.1 Å². The van der Waals surface area contributed by atoms with Gasteiger partial charge in [0.2, 0.25) is 0 Å². The zero-order valence-electron chi connectivity index (χ0n) is 16.6. The first-order valence-electron chi connectivity index (χ1n) is 10.1. The van der Waals surface area contributed by atoms with Crippen molar-refractivity contribution in [3.63, 3.8) is 0 Å². The predicted molar refractivity (Wildman–Crippen MR) is 119 cm³/mol. The molecule has 0 amide bonds. The van der Waals surface area contributed by atoms with E-state index in [1.807, 2.05) is 18.2 Å². The van der Waals surface area contributed by atoms with Gasteiger partial charge in [0.05, 0.1) is 5.69 Å². The number of aromatic nitrogens is 2. The summed E-state index contributed by atoms with van der Waals surface area (Å²) >= 11 is 1.36. The summed E-state index contributed by atoms with van der Waals surface area (Å²) in [7, 11) is 0. The van der Waals surface area contributed by atoms with Gasteiger partial charge in [-0.15, -0.1) is 0 Å². The summed E-state index contributed by atoms with van der Waals surface area (Å²) in [5.74, 6) is -1.56. The number of thiazole rings is 1. The average molecular weight is 434 g/mol. The maximum absolute atomic E-state index is 14.8. The number of hydrogen-bond donors (Lipinski definition) is 2. The molecule has 0 saturated heterocycles. The molecule has 2 aromatic heterocycles. The van der Waals surface area contributed by atoms with Crippen molar-refractivity contribution >= 4 is 27.7 Å². The van der Waals surface area contributed by atoms with E-state index in [1.54, 1.807) is 12.1 Å². The second kappa shape index (κ2) is 7.51. The van der Waals surface area contributed by atoms with Crippen molar-refractivity contribution in [2.45, 2.75) is 30.7 Å². The van der Waals surface area contributed by atoms with Crippen molar-refractivity contribution in [1.29, 1.82) is 0 Å². The van der Waals surface area contributed by atoms with Gasteiger partial charge in [-0.25, -0.2) is 14.4 Å². The van der Waals surface area contributed by atoms with Crippen LogP contribution in [0.25, 0.3) is 20.9 Å². The van der Waals surface area contributed by atoms with E-state index in [0.29, 0.717) is 16.1 Å². The molecular weight excluding hydrogens is 413 g/mol. The molecule has 0 radical (unpaired) electrons. The highest BCUT2D eigenvalue weighted by atomic mass is 32.1. The van der Waals surface area contributed by atoms with Crippen LogP contribution in [0.2, 0.25) is 0 Å². The largest absolute Gasteiger partial charge is 0.480 e. The van der Waals surface area contributed by atoms with Crippen LogP contribution in [0, 0.1) is 5.82 Å². The third-order valence-corrected chi connectivity index (χ3v) is 6.86. The zero-order valence-corrected chi connectivity index (χ0v) is 17.4. The molecule has 1 fully saturated rings. The van der Waals surface area contributed by atoms with Gasteiger partial charge < -0.3 is 10.8 Å². The second-order valence-electron chi connectivity index (χ2n) is 7.95. The van der Waals surface area contributed by atoms with E-state index in [-0.39, 0.29) is 11.8 Å². The maximum atomic E-state index is 14.8. The lowest BCUT2D eigenvalue weighted by molar-refractivity contribution is -0.138. The van der Waals surface area contributed by atoms with Crippen molar-refractivity contribution < 1.29 is 14.3 Å². The molecule has 4 aromatic rings. The molecule has 0 bridgehead atoms. The highest BCUT2D eigenvalue weighted by molar-refractivity contribution is 7.21. The Bertz CT molecular complexity index is 1280. The van der Waals surface area contributed by atoms with Gasteiger partial charge in [0, 0.05) is 11.0 Å². The Morgan fingerprint density at radius 1 is 1.13 bits per heavy atom. The van der Waals surface area contributed by atoms with E-state index in [1.165, 1.54) is 23.0 Å². The molecule has 1 saturated carbocycles. The Balaban J connectivity index is 1.47. The van der Waals surface area contributed by atoms with Crippen molar-refractivity contribution in [2.75, 3.05) is 0 Å². The number of carboxylic acid groups (broad SMARTS) is 1. The third kappa shape index (κ3) is 3.60. The molecule has 0 aliphatic heterocycles. The Morgan fingerprint density at radius 3 is 2.58 bits per heavy atom. The van der Waals surface area contributed by atoms with Gasteiger partial charge in [0.1, 0.15) is 27.2 Å². The maximum Gasteiger partial charge on any atom is 0.320 e. The first kappa shape index (κ1) is 19.8. The lowest BCUT2D eigenvalue weighted by atomic mass is 9.92. The van der Waals surface area contributed by atoms with Crippen molar-refractivity contribution in [3.05, 3.63) is 83.3 Å². The van der Waals surface area contributed by atoms with Crippen LogP contribution in [0.15, 0.2) is 60.7 Å². The van der Waals surface area contributed by atoms with Crippen LogP contribution in [0.5, 0.6) is 0 Å². The Kier molecular flexibility index (Phi) is 4.79. The van der Waals surface area contributed by atoms with E-state index in [4.69, 9.17) is 15.8 Å². The van der Waals surface area contributed by atoms with Crippen LogP contribution >= 0.6 is 11.3 Å². The number of pyridine rings is 1. The molecule has 1 aliphatic carbocycles. The smallest absolute Gasteiger partial charge is 0.320 e. The molecule has 3 N–H and O–H groups in total. The number of carbonyl (C=O) groups is 1. The first-order chi connectivity index (χ1) is 15.0. The highest BCUT2D eigenvalue weighted by Crippen LogP contribution is 2.53. The van der Waals surface area contributed by atoms with Crippen LogP contribution in [0.3, 0.4) is 0 Å². The number of aliphatic carboxylic acids is 1. The van der Waals surface area contributed by atoms with Gasteiger partial charge in [0.25, 0.3) is 0 Å². The summed E-state index contributed by atoms with van der Waals surface area (Å²) in [5.41, 5.74) is 9.48. The summed E-state index contributed by atoms with van der Waals surface area (Å²) in [6, 6.07) is 18.0. The van der Waals surface area contributed by atoms with E-state index in [0.717, 1.165) is 28.9 Å². The molecular formula is C24H20FN3O2S. The molecule has 1 aliphatic rings. The Labute approximate surface area is 182 Å². The summed E-state index contributed by atoms with van der Waals surface area (Å²) < 4.78 is 14.8. The van der Waals surface area contributed by atoms with E-state index in [9.17, 15) is 9.18 Å². The van der Waals surface area contributed by atoms with Crippen molar-refractivity contribution in [1.82, 2.24) is 9.97 Å². The summed E-state index contributed by atoms with van der Waals surface area (Å²) in [6.45, 7) is 0. The number of halogens is 1. The SMILES string of the molecule is NC(Cc1ccc(-c2nc3ccc(C4(c5ccccc5)CC4)nc3s2)c(F)c1)C(=O)O. The van der Waals surface area contributed by atoms with E-state index >= 15 is 0 Å². The summed E-state index contributed by atoms with van der Waals surface area (Å²) in [5, 5.41) is 9.50. The van der Waals surface area contributed by atoms with Crippen LogP contribution in [0.4, 0.5) is 4.39 Å². The number of fused-ring (bicyclic) bond motifs is 1. The van der Waals surface area contributed by atoms with Crippen molar-refractivity contribution in [3.8, 4) is 10.6 Å². The van der Waals surface area contributed by atoms with E-state index < -0.39 is 17.8 Å². The minimum Gasteiger partial charge on any atom is -0.480 e. The van der Waals surface area contributed by atoms with Gasteiger partial charge in [-0.05, 0) is 54.7 Å². The third-order valence-electron chi connectivity index (χ3n) is 5.86. The molecule has 1 unspecified atom stereocenters. The zero-order chi connectivity index (χ0) is 21.6. The Hall–Kier alpha value is -3.16. The van der Waals surface area contributed by atoms with Gasteiger partial charge in [-0.3, -0.25) is 4.79 Å². The van der Waals surface area contributed by atoms with Gasteiger partial charge in [-0.2, -0.15) is 0 Å². The minimum atomic E-state index is -1.11. The second-order valence-corrected chi connectivity index (χ2v) is 8.93. The lowest BCUT2D eigenvalue weighted by Crippen LogP contribution is -2.32. The van der Waals surface area contributed by atoms with Gasteiger partial charge in [0.15, 0.2) is 0 Å². The molecule has 1 atom stereocenters. The predicted octanol–water partition coefficient (Wildman–Crippen LogP) is 4.53. The molecule has 7 heteroatoms. The Morgan fingerprint density at radius 2 is 1.90 bits per heavy atom. The fraction of sp³-hybridized carbons (Fsp3) is 0.208. The molecule has 31 heavy (non-hydrogen) atoms. The quantitative estimate of drug-likeness (QED) is 0.466. The van der Waals surface area contributed by atoms with Gasteiger partial charge >= 0.3 is 5.97 Å². The fourth-order valence-corrected chi connectivity index (χ4v) is 4.94. The summed E-state index contributed by atoms with van der Waals surface area (Å²) in [4.78, 5) is 21.2. The van der Waals surface area contributed by atoms with Gasteiger partial charge in [-0.1, -0.05) is 47.7 Å². The van der Waals surface area contributed by atoms with Crippen LogP contribution in [0.1, 0.15) is 29.7 Å². The van der Waals surface area contributed by atoms with Crippen LogP contribution < -0.4 is 5.73 Å². The monoisotopic (exact) mass is 433 g/mol. The molecule has 2 heterocycles. The normalized spacial score (nSPS) is 15.7. The number of benzene rings is 2. The minimum absolute atomic E-state index is 0.0323. The molecule has 5 rings (SSSR count). The number of rotatable bonds is 6. The molecule has 2 aromatic carbocycles. The first-order valence-corrected chi connectivity index (χ1v) is 10.9. The lowest BCUT2D eigenvalue weighted by Gasteiger charge is -2.14. The molecule has 0 spiro atoms. The molecule has 5 nitrogen and oxygen atoms in total. The molecule has 156 valence electrons. The van der Waals surface area contributed by atoms with Crippen molar-refractivity contribution in [2.24, 2.45) is 5.73 Å². The van der Waals surface area contributed by atoms with E-state index in [2.05, 4.69) is 29.2 Å². The van der Waals surface area contributed by atoms with Crippen LogP contribution in [-0.2, 0) is 16.6 Å². The number of carboxylic acids is 1. The summed E-state index contributed by atoms with van der Waals surface area (Å²) in [6.07, 6.45) is 2.20. The highest BCUT2D eigenvalue weighted by Gasteiger charge is 2.47.